The lowest BCUT2D eigenvalue weighted by Crippen LogP contribution is -2.62. The molecule has 20 heavy (non-hydrogen) atoms. The van der Waals surface area contributed by atoms with Gasteiger partial charge in [-0.15, -0.1) is 0 Å². The summed E-state index contributed by atoms with van der Waals surface area (Å²) in [5, 5.41) is 0. The Labute approximate surface area is 127 Å². The average Bonchev–Trinajstić information content (AvgIpc) is 2.38. The molecule has 0 aromatic heterocycles. The molecule has 0 fully saturated rings. The van der Waals surface area contributed by atoms with Crippen LogP contribution in [0, 0.1) is 5.92 Å². The second-order valence-electron chi connectivity index (χ2n) is 6.58. The van der Waals surface area contributed by atoms with Crippen molar-refractivity contribution in [3.05, 3.63) is 0 Å². The molecule has 0 spiro atoms. The molecule has 0 aliphatic heterocycles. The van der Waals surface area contributed by atoms with Crippen molar-refractivity contribution in [2.24, 2.45) is 23.1 Å². The van der Waals surface area contributed by atoms with Crippen LogP contribution in [0.2, 0.25) is 0 Å². The molecule has 0 aromatic carbocycles. The van der Waals surface area contributed by atoms with Gasteiger partial charge in [0.15, 0.2) is 0 Å². The Balaban J connectivity index is 3.14. The molecule has 0 saturated heterocycles. The van der Waals surface area contributed by atoms with E-state index >= 15 is 0 Å². The molecule has 0 aliphatic carbocycles. The predicted octanol–water partition coefficient (Wildman–Crippen LogP) is 4.24. The van der Waals surface area contributed by atoms with E-state index in [4.69, 9.17) is 17.2 Å². The van der Waals surface area contributed by atoms with Crippen LogP contribution in [0.25, 0.3) is 0 Å². The van der Waals surface area contributed by atoms with E-state index < -0.39 is 5.79 Å². The van der Waals surface area contributed by atoms with Gasteiger partial charge in [-0.05, 0) is 6.42 Å². The molecule has 0 bridgehead atoms. The average molecular weight is 286 g/mol. The minimum absolute atomic E-state index is 0.200. The summed E-state index contributed by atoms with van der Waals surface area (Å²) in [6.07, 6.45) is 17.6. The standard InChI is InChI=1S/C17H39N3/c1-3-4-5-6-7-8-9-10-11-12-13-14-15-16(2)17(18,19)20/h16H,3-15,18-20H2,1-2H3. The van der Waals surface area contributed by atoms with Crippen molar-refractivity contribution in [2.75, 3.05) is 0 Å². The van der Waals surface area contributed by atoms with Gasteiger partial charge in [0.25, 0.3) is 0 Å². The first-order valence-electron chi connectivity index (χ1n) is 8.85. The van der Waals surface area contributed by atoms with Gasteiger partial charge in [-0.1, -0.05) is 90.9 Å². The lowest BCUT2D eigenvalue weighted by Gasteiger charge is -2.26. The van der Waals surface area contributed by atoms with Crippen LogP contribution in [-0.2, 0) is 0 Å². The van der Waals surface area contributed by atoms with E-state index in [0.29, 0.717) is 0 Å². The van der Waals surface area contributed by atoms with Crippen LogP contribution >= 0.6 is 0 Å². The Morgan fingerprint density at radius 1 is 0.650 bits per heavy atom. The number of nitrogens with two attached hydrogens (primary N) is 3. The van der Waals surface area contributed by atoms with E-state index in [9.17, 15) is 0 Å². The van der Waals surface area contributed by atoms with Crippen molar-refractivity contribution >= 4 is 0 Å². The summed E-state index contributed by atoms with van der Waals surface area (Å²) < 4.78 is 0. The summed E-state index contributed by atoms with van der Waals surface area (Å²) in [5.74, 6) is -0.803. The Morgan fingerprint density at radius 2 is 1.00 bits per heavy atom. The molecule has 3 nitrogen and oxygen atoms in total. The lowest BCUT2D eigenvalue weighted by molar-refractivity contribution is 0.284. The monoisotopic (exact) mass is 285 g/mol. The molecule has 1 atom stereocenters. The number of rotatable bonds is 14. The molecule has 0 aliphatic rings. The van der Waals surface area contributed by atoms with Gasteiger partial charge in [0.1, 0.15) is 5.79 Å². The maximum absolute atomic E-state index is 5.67. The van der Waals surface area contributed by atoms with Crippen molar-refractivity contribution in [3.8, 4) is 0 Å². The Morgan fingerprint density at radius 3 is 1.35 bits per heavy atom. The highest BCUT2D eigenvalue weighted by Crippen LogP contribution is 2.16. The zero-order valence-corrected chi connectivity index (χ0v) is 14.0. The van der Waals surface area contributed by atoms with Crippen molar-refractivity contribution < 1.29 is 0 Å². The maximum Gasteiger partial charge on any atom is 0.118 e. The van der Waals surface area contributed by atoms with E-state index in [2.05, 4.69) is 6.92 Å². The van der Waals surface area contributed by atoms with Gasteiger partial charge < -0.3 is 17.2 Å². The zero-order valence-electron chi connectivity index (χ0n) is 14.0. The summed E-state index contributed by atoms with van der Waals surface area (Å²) in [5.41, 5.74) is 17.0. The summed E-state index contributed by atoms with van der Waals surface area (Å²) in [7, 11) is 0. The second kappa shape index (κ2) is 12.6. The third-order valence-electron chi connectivity index (χ3n) is 4.34. The molecule has 0 aromatic rings. The fraction of sp³-hybridized carbons (Fsp3) is 1.00. The minimum atomic E-state index is -1.00. The summed E-state index contributed by atoms with van der Waals surface area (Å²) in [6.45, 7) is 4.31. The molecular formula is C17H39N3. The highest BCUT2D eigenvalue weighted by molar-refractivity contribution is 4.75. The molecule has 6 N–H and O–H groups in total. The van der Waals surface area contributed by atoms with Crippen LogP contribution in [0.3, 0.4) is 0 Å². The Hall–Kier alpha value is -0.120. The highest BCUT2D eigenvalue weighted by atomic mass is 15.1. The Kier molecular flexibility index (Phi) is 12.5. The third kappa shape index (κ3) is 12.9. The fourth-order valence-electron chi connectivity index (χ4n) is 2.54. The summed E-state index contributed by atoms with van der Waals surface area (Å²) >= 11 is 0. The van der Waals surface area contributed by atoms with Gasteiger partial charge in [-0.2, -0.15) is 0 Å². The van der Waals surface area contributed by atoms with E-state index in [-0.39, 0.29) is 5.92 Å². The minimum Gasteiger partial charge on any atom is -0.301 e. The molecule has 0 heterocycles. The zero-order chi connectivity index (χ0) is 15.3. The predicted molar refractivity (Wildman–Crippen MR) is 90.2 cm³/mol. The first kappa shape index (κ1) is 19.9. The molecule has 0 saturated carbocycles. The van der Waals surface area contributed by atoms with Gasteiger partial charge in [-0.3, -0.25) is 0 Å². The molecule has 3 heteroatoms. The van der Waals surface area contributed by atoms with Crippen molar-refractivity contribution in [2.45, 2.75) is 103 Å². The summed E-state index contributed by atoms with van der Waals surface area (Å²) in [6, 6.07) is 0. The molecular weight excluding hydrogens is 246 g/mol. The van der Waals surface area contributed by atoms with Crippen molar-refractivity contribution in [1.82, 2.24) is 0 Å². The molecule has 1 unspecified atom stereocenters. The SMILES string of the molecule is CCCCCCCCCCCCCCC(C)C(N)(N)N. The normalized spacial score (nSPS) is 13.7. The molecule has 0 radical (unpaired) electrons. The summed E-state index contributed by atoms with van der Waals surface area (Å²) in [4.78, 5) is 0. The van der Waals surface area contributed by atoms with Gasteiger partial charge in [0.05, 0.1) is 0 Å². The largest absolute Gasteiger partial charge is 0.301 e. The van der Waals surface area contributed by atoms with Crippen LogP contribution in [0.5, 0.6) is 0 Å². The topological polar surface area (TPSA) is 78.1 Å². The molecule has 122 valence electrons. The number of hydrogen-bond acceptors (Lipinski definition) is 3. The lowest BCUT2D eigenvalue weighted by atomic mass is 9.96. The smallest absolute Gasteiger partial charge is 0.118 e. The fourth-order valence-corrected chi connectivity index (χ4v) is 2.54. The van der Waals surface area contributed by atoms with E-state index in [1.54, 1.807) is 0 Å². The van der Waals surface area contributed by atoms with Crippen LogP contribution in [0.15, 0.2) is 0 Å². The highest BCUT2D eigenvalue weighted by Gasteiger charge is 2.20. The van der Waals surface area contributed by atoms with E-state index in [1.807, 2.05) is 6.92 Å². The van der Waals surface area contributed by atoms with Gasteiger partial charge >= 0.3 is 0 Å². The van der Waals surface area contributed by atoms with Crippen LogP contribution in [0.4, 0.5) is 0 Å². The van der Waals surface area contributed by atoms with Crippen LogP contribution < -0.4 is 17.2 Å². The second-order valence-corrected chi connectivity index (χ2v) is 6.58. The maximum atomic E-state index is 5.67. The Bertz CT molecular complexity index is 199. The molecule has 0 amide bonds. The quantitative estimate of drug-likeness (QED) is 0.330. The third-order valence-corrected chi connectivity index (χ3v) is 4.34. The van der Waals surface area contributed by atoms with E-state index in [1.165, 1.54) is 77.0 Å². The number of hydrogen-bond donors (Lipinski definition) is 3. The van der Waals surface area contributed by atoms with Gasteiger partial charge in [0, 0.05) is 5.92 Å². The van der Waals surface area contributed by atoms with Crippen molar-refractivity contribution in [1.29, 1.82) is 0 Å². The van der Waals surface area contributed by atoms with Gasteiger partial charge in [0.2, 0.25) is 0 Å². The first-order valence-corrected chi connectivity index (χ1v) is 8.85. The number of unbranched alkanes of at least 4 members (excludes halogenated alkanes) is 11. The van der Waals surface area contributed by atoms with Crippen LogP contribution in [-0.4, -0.2) is 5.79 Å². The first-order chi connectivity index (χ1) is 9.48. The van der Waals surface area contributed by atoms with E-state index in [0.717, 1.165) is 6.42 Å². The molecule has 0 rings (SSSR count). The van der Waals surface area contributed by atoms with Gasteiger partial charge in [-0.25, -0.2) is 0 Å². The van der Waals surface area contributed by atoms with Crippen molar-refractivity contribution in [3.63, 3.8) is 0 Å². The van der Waals surface area contributed by atoms with Crippen LogP contribution in [0.1, 0.15) is 97.3 Å².